The van der Waals surface area contributed by atoms with E-state index in [4.69, 9.17) is 0 Å². The predicted octanol–water partition coefficient (Wildman–Crippen LogP) is 1.72. The van der Waals surface area contributed by atoms with Gasteiger partial charge in [0.25, 0.3) is 11.5 Å². The lowest BCUT2D eigenvalue weighted by atomic mass is 9.97. The zero-order chi connectivity index (χ0) is 18.8. The summed E-state index contributed by atoms with van der Waals surface area (Å²) in [6.45, 7) is 3.73. The number of pyridine rings is 1. The minimum atomic E-state index is -0.181. The van der Waals surface area contributed by atoms with E-state index in [1.807, 2.05) is 35.7 Å². The number of aromatic nitrogens is 5. The van der Waals surface area contributed by atoms with Gasteiger partial charge in [-0.25, -0.2) is 4.68 Å². The van der Waals surface area contributed by atoms with Crippen LogP contribution in [0.4, 0.5) is 0 Å². The maximum Gasteiger partial charge on any atom is 0.274 e. The summed E-state index contributed by atoms with van der Waals surface area (Å²) in [6.07, 6.45) is 4.60. The van der Waals surface area contributed by atoms with Crippen LogP contribution in [0.15, 0.2) is 41.3 Å². The largest absolute Gasteiger partial charge is 0.337 e. The van der Waals surface area contributed by atoms with Crippen molar-refractivity contribution in [3.63, 3.8) is 0 Å². The molecule has 8 heteroatoms. The van der Waals surface area contributed by atoms with Crippen LogP contribution in [0.3, 0.4) is 0 Å². The van der Waals surface area contributed by atoms with Crippen LogP contribution in [0.1, 0.15) is 48.4 Å². The van der Waals surface area contributed by atoms with Gasteiger partial charge in [0.2, 0.25) is 0 Å². The fraction of sp³-hybridized carbons (Fsp3) is 0.421. The van der Waals surface area contributed by atoms with Crippen LogP contribution in [0.2, 0.25) is 0 Å². The molecule has 27 heavy (non-hydrogen) atoms. The Morgan fingerprint density at radius 2 is 2.11 bits per heavy atom. The molecular weight excluding hydrogens is 344 g/mol. The number of hydrogen-bond acceptors (Lipinski definition) is 5. The molecule has 3 aromatic rings. The quantitative estimate of drug-likeness (QED) is 0.702. The average Bonchev–Trinajstić information content (AvgIpc) is 3.13. The maximum absolute atomic E-state index is 13.0. The minimum absolute atomic E-state index is 0.127. The van der Waals surface area contributed by atoms with E-state index in [0.717, 1.165) is 30.7 Å². The number of rotatable bonds is 4. The number of nitrogens with zero attached hydrogens (tertiary/aromatic N) is 6. The van der Waals surface area contributed by atoms with Crippen LogP contribution in [-0.2, 0) is 6.54 Å². The number of carbonyl (C=O) groups is 1. The van der Waals surface area contributed by atoms with E-state index in [9.17, 15) is 9.59 Å². The van der Waals surface area contributed by atoms with Crippen molar-refractivity contribution in [3.05, 3.63) is 58.4 Å². The van der Waals surface area contributed by atoms with Crippen LogP contribution in [0.5, 0.6) is 0 Å². The van der Waals surface area contributed by atoms with Crippen LogP contribution >= 0.6 is 0 Å². The molecule has 1 unspecified atom stereocenters. The van der Waals surface area contributed by atoms with Crippen molar-refractivity contribution >= 4 is 11.6 Å². The van der Waals surface area contributed by atoms with E-state index in [2.05, 4.69) is 15.3 Å². The van der Waals surface area contributed by atoms with Gasteiger partial charge < -0.3 is 4.90 Å². The van der Waals surface area contributed by atoms with Crippen LogP contribution < -0.4 is 5.56 Å². The highest BCUT2D eigenvalue weighted by atomic mass is 16.2. The summed E-state index contributed by atoms with van der Waals surface area (Å²) < 4.78 is 3.35. The molecule has 1 amide bonds. The molecule has 1 aliphatic rings. The molecule has 0 saturated carbocycles. The molecule has 0 bridgehead atoms. The molecule has 1 aliphatic heterocycles. The molecule has 1 atom stereocenters. The van der Waals surface area contributed by atoms with E-state index in [1.54, 1.807) is 4.90 Å². The standard InChI is InChI=1S/C19H22N6O2/c1-2-10-25-17(26)9-8-15(22-25)19(27)23-11-5-6-14(13-23)18-21-20-16-7-3-4-12-24(16)18/h3-4,7-9,12,14H,2,5-6,10-11,13H2,1H3. The van der Waals surface area contributed by atoms with E-state index in [0.29, 0.717) is 25.3 Å². The molecule has 0 aliphatic carbocycles. The van der Waals surface area contributed by atoms with Gasteiger partial charge in [-0.15, -0.1) is 10.2 Å². The first kappa shape index (κ1) is 17.4. The van der Waals surface area contributed by atoms with Crippen molar-refractivity contribution in [2.24, 2.45) is 0 Å². The summed E-state index contributed by atoms with van der Waals surface area (Å²) in [5.74, 6) is 0.868. The Kier molecular flexibility index (Phi) is 4.70. The molecule has 0 spiro atoms. The van der Waals surface area contributed by atoms with Crippen LogP contribution in [0.25, 0.3) is 5.65 Å². The first-order chi connectivity index (χ1) is 13.2. The smallest absolute Gasteiger partial charge is 0.274 e. The van der Waals surface area contributed by atoms with Crippen LogP contribution in [-0.4, -0.2) is 48.3 Å². The third-order valence-corrected chi connectivity index (χ3v) is 4.94. The number of fused-ring (bicyclic) bond motifs is 1. The lowest BCUT2D eigenvalue weighted by molar-refractivity contribution is 0.0695. The number of hydrogen-bond donors (Lipinski definition) is 0. The van der Waals surface area contributed by atoms with Gasteiger partial charge in [-0.1, -0.05) is 13.0 Å². The number of amides is 1. The topological polar surface area (TPSA) is 85.4 Å². The molecule has 1 saturated heterocycles. The van der Waals surface area contributed by atoms with Crippen molar-refractivity contribution in [3.8, 4) is 0 Å². The third kappa shape index (κ3) is 3.34. The fourth-order valence-corrected chi connectivity index (χ4v) is 3.61. The Balaban J connectivity index is 1.57. The Labute approximate surface area is 156 Å². The second-order valence-corrected chi connectivity index (χ2v) is 6.86. The second kappa shape index (κ2) is 7.30. The van der Waals surface area contributed by atoms with Gasteiger partial charge in [0.15, 0.2) is 5.65 Å². The summed E-state index contributed by atoms with van der Waals surface area (Å²) in [5.41, 5.74) is 0.943. The third-order valence-electron chi connectivity index (χ3n) is 4.94. The molecule has 8 nitrogen and oxygen atoms in total. The number of aryl methyl sites for hydroxylation is 1. The molecular formula is C19H22N6O2. The molecule has 0 N–H and O–H groups in total. The average molecular weight is 366 g/mol. The van der Waals surface area contributed by atoms with E-state index in [1.165, 1.54) is 16.8 Å². The van der Waals surface area contributed by atoms with E-state index < -0.39 is 0 Å². The Bertz CT molecular complexity index is 1020. The van der Waals surface area contributed by atoms with Gasteiger partial charge in [0.05, 0.1) is 0 Å². The maximum atomic E-state index is 13.0. The molecule has 3 aromatic heterocycles. The lowest BCUT2D eigenvalue weighted by Crippen LogP contribution is -2.40. The minimum Gasteiger partial charge on any atom is -0.337 e. The monoisotopic (exact) mass is 366 g/mol. The molecule has 1 fully saturated rings. The first-order valence-electron chi connectivity index (χ1n) is 9.34. The van der Waals surface area contributed by atoms with Crippen molar-refractivity contribution < 1.29 is 4.79 Å². The number of piperidine rings is 1. The summed E-state index contributed by atoms with van der Waals surface area (Å²) in [5, 5.41) is 12.8. The lowest BCUT2D eigenvalue weighted by Gasteiger charge is -2.31. The molecule has 4 heterocycles. The summed E-state index contributed by atoms with van der Waals surface area (Å²) >= 11 is 0. The van der Waals surface area contributed by atoms with Crippen LogP contribution in [0, 0.1) is 0 Å². The van der Waals surface area contributed by atoms with Gasteiger partial charge in [-0.3, -0.25) is 14.0 Å². The molecule has 4 rings (SSSR count). The molecule has 0 aromatic carbocycles. The normalized spacial score (nSPS) is 17.4. The first-order valence-corrected chi connectivity index (χ1v) is 9.34. The SMILES string of the molecule is CCCn1nc(C(=O)N2CCCC(c3nnc4ccccn34)C2)ccc1=O. The highest BCUT2D eigenvalue weighted by Gasteiger charge is 2.29. The van der Waals surface area contributed by atoms with Crippen molar-refractivity contribution in [2.45, 2.75) is 38.6 Å². The fourth-order valence-electron chi connectivity index (χ4n) is 3.61. The van der Waals surface area contributed by atoms with E-state index >= 15 is 0 Å². The number of carbonyl (C=O) groups excluding carboxylic acids is 1. The summed E-state index contributed by atoms with van der Waals surface area (Å²) in [4.78, 5) is 26.6. The Morgan fingerprint density at radius 1 is 1.22 bits per heavy atom. The zero-order valence-electron chi connectivity index (χ0n) is 15.3. The summed E-state index contributed by atoms with van der Waals surface area (Å²) in [6, 6.07) is 8.74. The van der Waals surface area contributed by atoms with Gasteiger partial charge in [0, 0.05) is 37.8 Å². The second-order valence-electron chi connectivity index (χ2n) is 6.86. The Hall–Kier alpha value is -3.03. The van der Waals surface area contributed by atoms with Gasteiger partial charge in [-0.05, 0) is 37.5 Å². The molecule has 0 radical (unpaired) electrons. The number of likely N-dealkylation sites (tertiary alicyclic amines) is 1. The van der Waals surface area contributed by atoms with Gasteiger partial charge in [-0.2, -0.15) is 5.10 Å². The van der Waals surface area contributed by atoms with E-state index in [-0.39, 0.29) is 17.4 Å². The Morgan fingerprint density at radius 3 is 2.96 bits per heavy atom. The van der Waals surface area contributed by atoms with Crippen molar-refractivity contribution in [2.75, 3.05) is 13.1 Å². The van der Waals surface area contributed by atoms with Gasteiger partial charge in [0.1, 0.15) is 11.5 Å². The van der Waals surface area contributed by atoms with Gasteiger partial charge >= 0.3 is 0 Å². The molecule has 140 valence electrons. The predicted molar refractivity (Wildman–Crippen MR) is 99.7 cm³/mol. The van der Waals surface area contributed by atoms with Crippen molar-refractivity contribution in [1.82, 2.24) is 29.3 Å². The zero-order valence-corrected chi connectivity index (χ0v) is 15.3. The highest BCUT2D eigenvalue weighted by Crippen LogP contribution is 2.26. The van der Waals surface area contributed by atoms with Crippen molar-refractivity contribution in [1.29, 1.82) is 0 Å². The summed E-state index contributed by atoms with van der Waals surface area (Å²) in [7, 11) is 0. The highest BCUT2D eigenvalue weighted by molar-refractivity contribution is 5.92.